The molecule has 2 rings (SSSR count). The molecule has 2 fully saturated rings. The minimum absolute atomic E-state index is 0.0258. The van der Waals surface area contributed by atoms with Crippen molar-refractivity contribution in [2.75, 3.05) is 26.4 Å². The summed E-state index contributed by atoms with van der Waals surface area (Å²) in [6.07, 6.45) is -21.0. The highest BCUT2D eigenvalue weighted by atomic mass is 32.3. The van der Waals surface area contributed by atoms with Gasteiger partial charge in [-0.05, 0) is 0 Å². The van der Waals surface area contributed by atoms with E-state index in [0.717, 1.165) is 0 Å². The molecule has 0 spiro atoms. The van der Waals surface area contributed by atoms with E-state index in [1.807, 2.05) is 0 Å². The van der Waals surface area contributed by atoms with Gasteiger partial charge in [-0.1, -0.05) is 0 Å². The van der Waals surface area contributed by atoms with Crippen LogP contribution in [0.25, 0.3) is 0 Å². The van der Waals surface area contributed by atoms with Gasteiger partial charge in [-0.2, -0.15) is 8.42 Å². The van der Waals surface area contributed by atoms with Gasteiger partial charge in [0.15, 0.2) is 12.6 Å². The molecule has 13 N–H and O–H groups in total. The molecule has 2 aliphatic rings. The molecule has 0 unspecified atom stereocenters. The normalized spacial score (nSPS) is 38.3. The fourth-order valence-corrected chi connectivity index (χ4v) is 3.70. The van der Waals surface area contributed by atoms with Gasteiger partial charge in [0.25, 0.3) is 0 Å². The predicted molar refractivity (Wildman–Crippen MR) is 116 cm³/mol. The van der Waals surface area contributed by atoms with E-state index in [1.165, 1.54) is 0 Å². The monoisotopic (exact) mass is 602 g/mol. The van der Waals surface area contributed by atoms with Crippen LogP contribution in [0.4, 0.5) is 0 Å². The first-order valence-corrected chi connectivity index (χ1v) is 12.4. The first kappa shape index (κ1) is 36.0. The second kappa shape index (κ2) is 15.2. The first-order chi connectivity index (χ1) is 18.0. The summed E-state index contributed by atoms with van der Waals surface area (Å²) in [6, 6.07) is 0. The summed E-state index contributed by atoms with van der Waals surface area (Å²) >= 11 is 0. The molecule has 0 amide bonds. The lowest BCUT2D eigenvalue weighted by atomic mass is 9.99. The van der Waals surface area contributed by atoms with Crippen LogP contribution < -0.4 is 0 Å². The van der Waals surface area contributed by atoms with Gasteiger partial charge in [-0.3, -0.25) is 4.55 Å². The molecule has 2 heterocycles. The fourth-order valence-electron chi connectivity index (χ4n) is 3.39. The van der Waals surface area contributed by atoms with Gasteiger partial charge >= 0.3 is 10.4 Å². The third-order valence-electron chi connectivity index (χ3n) is 5.68. The molecule has 0 aromatic rings. The fraction of sp³-hybridized carbons (Fsp3) is 0.944. The van der Waals surface area contributed by atoms with Gasteiger partial charge in [0.05, 0.1) is 19.8 Å². The Kier molecular flexibility index (Phi) is 14.1. The van der Waals surface area contributed by atoms with E-state index < -0.39 is 116 Å². The van der Waals surface area contributed by atoms with Crippen molar-refractivity contribution in [2.24, 2.45) is 0 Å². The molecule has 0 radical (unpaired) electrons. The van der Waals surface area contributed by atoms with Crippen LogP contribution in [-0.4, -0.2) is 186 Å². The average molecular weight is 603 g/mol. The SMILES string of the molecule is O=C[C@H](O)[C@@H](O)[C@H](O)[C@H](O)CO.O=S(=O)(O)OC[C@@]1(O[C@H]2O[C@H](CO)[C@@H](O)[C@H](O)[C@H]2O)O[C@H](CO)[C@@H](O)[C@@H]1O. The van der Waals surface area contributed by atoms with E-state index in [-0.39, 0.29) is 6.29 Å². The minimum atomic E-state index is -5.05. The third kappa shape index (κ3) is 9.22. The molecule has 0 aromatic carbocycles. The highest BCUT2D eigenvalue weighted by molar-refractivity contribution is 7.80. The molecule has 232 valence electrons. The first-order valence-electron chi connectivity index (χ1n) is 11.0. The summed E-state index contributed by atoms with van der Waals surface area (Å²) in [5.74, 6) is -2.57. The van der Waals surface area contributed by atoms with Crippen LogP contribution in [0.5, 0.6) is 0 Å². The minimum Gasteiger partial charge on any atom is -0.394 e. The Labute approximate surface area is 220 Å². The zero-order valence-corrected chi connectivity index (χ0v) is 20.7. The summed E-state index contributed by atoms with van der Waals surface area (Å²) in [6.45, 7) is -3.63. The van der Waals surface area contributed by atoms with Crippen LogP contribution in [0.2, 0.25) is 0 Å². The van der Waals surface area contributed by atoms with E-state index in [0.29, 0.717) is 0 Å². The van der Waals surface area contributed by atoms with E-state index in [2.05, 4.69) is 4.18 Å². The zero-order chi connectivity index (χ0) is 30.3. The molecule has 0 bridgehead atoms. The van der Waals surface area contributed by atoms with Crippen molar-refractivity contribution >= 4 is 16.7 Å². The van der Waals surface area contributed by atoms with Crippen molar-refractivity contribution < 1.29 is 97.4 Å². The number of aliphatic hydroxyl groups excluding tert-OH is 12. The van der Waals surface area contributed by atoms with Crippen LogP contribution >= 0.6 is 0 Å². The number of aldehydes is 1. The number of hydrogen-bond donors (Lipinski definition) is 13. The van der Waals surface area contributed by atoms with Gasteiger partial charge in [-0.15, -0.1) is 0 Å². The Morgan fingerprint density at radius 3 is 1.85 bits per heavy atom. The molecule has 20 nitrogen and oxygen atoms in total. The zero-order valence-electron chi connectivity index (χ0n) is 19.9. The number of aliphatic hydroxyl groups is 12. The van der Waals surface area contributed by atoms with Crippen molar-refractivity contribution in [1.82, 2.24) is 0 Å². The molecule has 13 atom stereocenters. The van der Waals surface area contributed by atoms with Crippen molar-refractivity contribution in [3.8, 4) is 0 Å². The average Bonchev–Trinajstić information content (AvgIpc) is 3.15. The van der Waals surface area contributed by atoms with E-state index in [9.17, 15) is 43.9 Å². The summed E-state index contributed by atoms with van der Waals surface area (Å²) in [5, 5.41) is 111. The topological polar surface area (TPSA) is 351 Å². The van der Waals surface area contributed by atoms with Gasteiger partial charge in [0, 0.05) is 0 Å². The standard InChI is InChI=1S/C12H22O14S.C6H12O6/c13-1-4-6(15)8(17)9(18)11(24-4)26-12(3-23-27(20,21)22)10(19)7(16)5(2-14)25-12;7-1-3(9)5(11)6(12)4(10)2-8/h4-11,13-19H,1-3H2,(H,20,21,22);1,3-6,8-12H,2H2/t4-,5-,6-,7-,8+,9-,10+,11-,12+;3-,4+,5+,6+/m10/s1. The van der Waals surface area contributed by atoms with Crippen molar-refractivity contribution in [3.05, 3.63) is 0 Å². The summed E-state index contributed by atoms with van der Waals surface area (Å²) in [5.41, 5.74) is 0. The number of carbonyl (C=O) groups is 1. The summed E-state index contributed by atoms with van der Waals surface area (Å²) in [4.78, 5) is 9.90. The highest BCUT2D eigenvalue weighted by Crippen LogP contribution is 2.36. The maximum atomic E-state index is 10.9. The van der Waals surface area contributed by atoms with E-state index in [1.54, 1.807) is 0 Å². The van der Waals surface area contributed by atoms with E-state index in [4.69, 9.17) is 49.4 Å². The largest absolute Gasteiger partial charge is 0.397 e. The van der Waals surface area contributed by atoms with Crippen molar-refractivity contribution in [3.63, 3.8) is 0 Å². The van der Waals surface area contributed by atoms with Crippen LogP contribution in [0.3, 0.4) is 0 Å². The lowest BCUT2D eigenvalue weighted by molar-refractivity contribution is -0.382. The number of ether oxygens (including phenoxy) is 3. The quantitative estimate of drug-likeness (QED) is 0.0728. The second-order valence-electron chi connectivity index (χ2n) is 8.45. The van der Waals surface area contributed by atoms with Crippen LogP contribution in [-0.2, 0) is 33.6 Å². The number of hydrogen-bond acceptors (Lipinski definition) is 19. The third-order valence-corrected chi connectivity index (χ3v) is 6.10. The smallest absolute Gasteiger partial charge is 0.394 e. The maximum Gasteiger partial charge on any atom is 0.397 e. The molecular weight excluding hydrogens is 568 g/mol. The number of carbonyl (C=O) groups excluding carboxylic acids is 1. The maximum absolute atomic E-state index is 10.9. The Bertz CT molecular complexity index is 843. The number of rotatable bonds is 12. The molecular formula is C18H34O20S. The lowest BCUT2D eigenvalue weighted by Gasteiger charge is -2.43. The molecule has 39 heavy (non-hydrogen) atoms. The molecule has 0 aromatic heterocycles. The highest BCUT2D eigenvalue weighted by Gasteiger charge is 2.59. The summed E-state index contributed by atoms with van der Waals surface area (Å²) in [7, 11) is -5.05. The van der Waals surface area contributed by atoms with Crippen LogP contribution in [0.15, 0.2) is 0 Å². The van der Waals surface area contributed by atoms with Crippen molar-refractivity contribution in [1.29, 1.82) is 0 Å². The molecule has 2 aliphatic heterocycles. The van der Waals surface area contributed by atoms with Crippen LogP contribution in [0, 0.1) is 0 Å². The van der Waals surface area contributed by atoms with E-state index >= 15 is 0 Å². The van der Waals surface area contributed by atoms with Gasteiger partial charge in [0.2, 0.25) is 5.79 Å². The second-order valence-corrected chi connectivity index (χ2v) is 9.54. The molecule has 21 heteroatoms. The molecule has 0 saturated carbocycles. The molecule has 2 saturated heterocycles. The Hall–Kier alpha value is -1.06. The van der Waals surface area contributed by atoms with Gasteiger partial charge in [0.1, 0.15) is 73.8 Å². The summed E-state index contributed by atoms with van der Waals surface area (Å²) < 4.78 is 50.0. The Morgan fingerprint density at radius 1 is 0.846 bits per heavy atom. The van der Waals surface area contributed by atoms with Gasteiger partial charge in [-0.25, -0.2) is 4.18 Å². The van der Waals surface area contributed by atoms with Gasteiger partial charge < -0.3 is 80.3 Å². The van der Waals surface area contributed by atoms with Crippen molar-refractivity contribution in [2.45, 2.75) is 79.2 Å². The van der Waals surface area contributed by atoms with Crippen LogP contribution in [0.1, 0.15) is 0 Å². The Balaban J connectivity index is 0.000000534. The lowest BCUT2D eigenvalue weighted by Crippen LogP contribution is -2.62. The predicted octanol–water partition coefficient (Wildman–Crippen LogP) is -8.95. The molecule has 0 aliphatic carbocycles. The Morgan fingerprint density at radius 2 is 1.41 bits per heavy atom.